The van der Waals surface area contributed by atoms with E-state index >= 15 is 0 Å². The first-order valence-corrected chi connectivity index (χ1v) is 8.04. The highest BCUT2D eigenvalue weighted by Crippen LogP contribution is 2.27. The average Bonchev–Trinajstić information content (AvgIpc) is 2.98. The monoisotopic (exact) mass is 328 g/mol. The SMILES string of the molecule is Nc1ncc(-c2cccc(NC(=O)C3CCCCC3)c2)n1C(=O)O. The lowest BCUT2D eigenvalue weighted by atomic mass is 9.88. The summed E-state index contributed by atoms with van der Waals surface area (Å²) in [5.41, 5.74) is 7.23. The van der Waals surface area contributed by atoms with Crippen molar-refractivity contribution >= 4 is 23.6 Å². The largest absolute Gasteiger partial charge is 0.464 e. The minimum atomic E-state index is -1.20. The molecule has 4 N–H and O–H groups in total. The summed E-state index contributed by atoms with van der Waals surface area (Å²) in [6.45, 7) is 0. The zero-order chi connectivity index (χ0) is 17.1. The van der Waals surface area contributed by atoms with Crippen LogP contribution < -0.4 is 11.1 Å². The quantitative estimate of drug-likeness (QED) is 0.801. The number of hydrogen-bond acceptors (Lipinski definition) is 4. The highest BCUT2D eigenvalue weighted by molar-refractivity contribution is 5.93. The zero-order valence-electron chi connectivity index (χ0n) is 13.2. The molecule has 0 atom stereocenters. The highest BCUT2D eigenvalue weighted by Gasteiger charge is 2.21. The van der Waals surface area contributed by atoms with E-state index < -0.39 is 6.09 Å². The maximum absolute atomic E-state index is 12.4. The number of rotatable bonds is 3. The summed E-state index contributed by atoms with van der Waals surface area (Å²) in [6, 6.07) is 7.04. The Labute approximate surface area is 139 Å². The summed E-state index contributed by atoms with van der Waals surface area (Å²) in [4.78, 5) is 27.5. The van der Waals surface area contributed by atoms with Gasteiger partial charge < -0.3 is 16.2 Å². The van der Waals surface area contributed by atoms with Crippen LogP contribution in [0.2, 0.25) is 0 Å². The van der Waals surface area contributed by atoms with E-state index in [0.717, 1.165) is 30.3 Å². The van der Waals surface area contributed by atoms with Gasteiger partial charge in [-0.15, -0.1) is 0 Å². The van der Waals surface area contributed by atoms with Gasteiger partial charge in [0.15, 0.2) is 0 Å². The van der Waals surface area contributed by atoms with Crippen molar-refractivity contribution in [2.45, 2.75) is 32.1 Å². The molecule has 0 bridgehead atoms. The number of anilines is 2. The minimum absolute atomic E-state index is 0.0260. The second-order valence-corrected chi connectivity index (χ2v) is 6.02. The van der Waals surface area contributed by atoms with Crippen molar-refractivity contribution in [3.63, 3.8) is 0 Å². The Bertz CT molecular complexity index is 763. The summed E-state index contributed by atoms with van der Waals surface area (Å²) in [6.07, 6.45) is 5.44. The first-order valence-electron chi connectivity index (χ1n) is 8.04. The van der Waals surface area contributed by atoms with E-state index in [-0.39, 0.29) is 17.8 Å². The van der Waals surface area contributed by atoms with Crippen LogP contribution in [0.5, 0.6) is 0 Å². The Kier molecular flexibility index (Phi) is 4.50. The third-order valence-corrected chi connectivity index (χ3v) is 4.38. The molecule has 7 nitrogen and oxygen atoms in total. The van der Waals surface area contributed by atoms with Gasteiger partial charge in [0.2, 0.25) is 11.9 Å². The standard InChI is InChI=1S/C17H20N4O3/c18-16-19-10-14(21(16)17(23)24)12-7-4-8-13(9-12)20-15(22)11-5-2-1-3-6-11/h4,7-11H,1-3,5-6H2,(H2,18,19)(H,20,22)(H,23,24). The maximum atomic E-state index is 12.4. The van der Waals surface area contributed by atoms with E-state index in [4.69, 9.17) is 5.73 Å². The number of imidazole rings is 1. The number of hydrogen-bond donors (Lipinski definition) is 3. The van der Waals surface area contributed by atoms with Crippen molar-refractivity contribution in [1.82, 2.24) is 9.55 Å². The summed E-state index contributed by atoms with van der Waals surface area (Å²) < 4.78 is 0.919. The van der Waals surface area contributed by atoms with Crippen LogP contribution in [0.15, 0.2) is 30.5 Å². The third kappa shape index (κ3) is 3.24. The first kappa shape index (κ1) is 16.0. The molecule has 1 aliphatic carbocycles. The number of carboxylic acid groups (broad SMARTS) is 1. The summed E-state index contributed by atoms with van der Waals surface area (Å²) >= 11 is 0. The number of carbonyl (C=O) groups is 2. The lowest BCUT2D eigenvalue weighted by Crippen LogP contribution is -2.24. The Morgan fingerprint density at radius 2 is 2.00 bits per heavy atom. The van der Waals surface area contributed by atoms with Crippen molar-refractivity contribution in [2.75, 3.05) is 11.1 Å². The van der Waals surface area contributed by atoms with E-state index in [1.165, 1.54) is 12.6 Å². The number of nitrogens with one attached hydrogen (secondary N) is 1. The third-order valence-electron chi connectivity index (χ3n) is 4.38. The van der Waals surface area contributed by atoms with Gasteiger partial charge >= 0.3 is 6.09 Å². The van der Waals surface area contributed by atoms with Gasteiger partial charge in [-0.2, -0.15) is 0 Å². The van der Waals surface area contributed by atoms with Gasteiger partial charge in [0, 0.05) is 17.2 Å². The van der Waals surface area contributed by atoms with Crippen LogP contribution in [0.3, 0.4) is 0 Å². The van der Waals surface area contributed by atoms with Gasteiger partial charge in [-0.25, -0.2) is 14.3 Å². The fourth-order valence-electron chi connectivity index (χ4n) is 3.14. The molecule has 0 unspecified atom stereocenters. The van der Waals surface area contributed by atoms with Gasteiger partial charge in [0.1, 0.15) is 0 Å². The van der Waals surface area contributed by atoms with Gasteiger partial charge in [-0.3, -0.25) is 4.79 Å². The molecule has 1 heterocycles. The molecule has 3 rings (SSSR count). The van der Waals surface area contributed by atoms with Crippen LogP contribution in [-0.2, 0) is 4.79 Å². The Hall–Kier alpha value is -2.83. The van der Waals surface area contributed by atoms with Crippen LogP contribution in [0.4, 0.5) is 16.4 Å². The van der Waals surface area contributed by atoms with Crippen molar-refractivity contribution < 1.29 is 14.7 Å². The Morgan fingerprint density at radius 3 is 2.71 bits per heavy atom. The van der Waals surface area contributed by atoms with Crippen molar-refractivity contribution in [3.8, 4) is 11.3 Å². The predicted molar refractivity (Wildman–Crippen MR) is 90.7 cm³/mol. The molecule has 0 aliphatic heterocycles. The number of nitrogens with zero attached hydrogens (tertiary/aromatic N) is 2. The predicted octanol–water partition coefficient (Wildman–Crippen LogP) is 3.18. The Morgan fingerprint density at radius 1 is 1.25 bits per heavy atom. The molecule has 1 saturated carbocycles. The molecule has 2 aromatic rings. The number of nitrogens with two attached hydrogens (primary N) is 1. The normalized spacial score (nSPS) is 15.2. The molecule has 1 aromatic carbocycles. The minimum Gasteiger partial charge on any atom is -0.464 e. The number of aromatic nitrogens is 2. The lowest BCUT2D eigenvalue weighted by Gasteiger charge is -2.20. The first-order chi connectivity index (χ1) is 11.6. The molecule has 1 aliphatic rings. The molecule has 7 heteroatoms. The summed E-state index contributed by atoms with van der Waals surface area (Å²) in [5, 5.41) is 12.2. The molecule has 0 saturated heterocycles. The highest BCUT2D eigenvalue weighted by atomic mass is 16.4. The molecular weight excluding hydrogens is 308 g/mol. The van der Waals surface area contributed by atoms with E-state index in [1.54, 1.807) is 24.3 Å². The van der Waals surface area contributed by atoms with Gasteiger partial charge in [-0.05, 0) is 25.0 Å². The molecule has 0 spiro atoms. The molecule has 1 amide bonds. The lowest BCUT2D eigenvalue weighted by molar-refractivity contribution is -0.120. The molecular formula is C17H20N4O3. The number of benzene rings is 1. The molecule has 1 fully saturated rings. The van der Waals surface area contributed by atoms with E-state index in [1.807, 2.05) is 0 Å². The van der Waals surface area contributed by atoms with E-state index in [2.05, 4.69) is 10.3 Å². The van der Waals surface area contributed by atoms with E-state index in [9.17, 15) is 14.7 Å². The number of carbonyl (C=O) groups excluding carboxylic acids is 1. The fraction of sp³-hybridized carbons (Fsp3) is 0.353. The number of amides is 1. The smallest absolute Gasteiger partial charge is 0.418 e. The van der Waals surface area contributed by atoms with Crippen LogP contribution >= 0.6 is 0 Å². The van der Waals surface area contributed by atoms with Crippen LogP contribution in [0.1, 0.15) is 32.1 Å². The Balaban J connectivity index is 1.82. The number of nitrogen functional groups attached to an aromatic ring is 1. The van der Waals surface area contributed by atoms with Gasteiger partial charge in [-0.1, -0.05) is 31.4 Å². The second-order valence-electron chi connectivity index (χ2n) is 6.02. The fourth-order valence-corrected chi connectivity index (χ4v) is 3.14. The molecule has 126 valence electrons. The van der Waals surface area contributed by atoms with Crippen molar-refractivity contribution in [1.29, 1.82) is 0 Å². The molecule has 0 radical (unpaired) electrons. The zero-order valence-corrected chi connectivity index (χ0v) is 13.2. The van der Waals surface area contributed by atoms with Gasteiger partial charge in [0.25, 0.3) is 0 Å². The van der Waals surface area contributed by atoms with Crippen molar-refractivity contribution in [3.05, 3.63) is 30.5 Å². The van der Waals surface area contributed by atoms with Crippen LogP contribution in [0, 0.1) is 5.92 Å². The topological polar surface area (TPSA) is 110 Å². The summed E-state index contributed by atoms with van der Waals surface area (Å²) in [7, 11) is 0. The van der Waals surface area contributed by atoms with E-state index in [0.29, 0.717) is 16.9 Å². The van der Waals surface area contributed by atoms with Gasteiger partial charge in [0.05, 0.1) is 11.9 Å². The van der Waals surface area contributed by atoms with Crippen LogP contribution in [-0.4, -0.2) is 26.7 Å². The summed E-state index contributed by atoms with van der Waals surface area (Å²) in [5.74, 6) is -0.00477. The molecule has 24 heavy (non-hydrogen) atoms. The average molecular weight is 328 g/mol. The molecule has 1 aromatic heterocycles. The maximum Gasteiger partial charge on any atom is 0.418 e. The van der Waals surface area contributed by atoms with Crippen molar-refractivity contribution in [2.24, 2.45) is 5.92 Å². The van der Waals surface area contributed by atoms with Crippen LogP contribution in [0.25, 0.3) is 11.3 Å². The second kappa shape index (κ2) is 6.74.